The summed E-state index contributed by atoms with van der Waals surface area (Å²) in [5, 5.41) is 21.7. The van der Waals surface area contributed by atoms with Crippen LogP contribution in [-0.2, 0) is 49.0 Å². The third kappa shape index (κ3) is 8.14. The smallest absolute Gasteiger partial charge is 0.137 e. The fraction of sp³-hybridized carbons (Fsp3) is 0.419. The van der Waals surface area contributed by atoms with Gasteiger partial charge in [-0.2, -0.15) is 0 Å². The van der Waals surface area contributed by atoms with E-state index in [-0.39, 0.29) is 5.41 Å². The fourth-order valence-corrected chi connectivity index (χ4v) is 9.59. The molecular formula is C43H53MoNO2S. The van der Waals surface area contributed by atoms with E-state index in [1.807, 2.05) is 12.3 Å². The van der Waals surface area contributed by atoms with Crippen LogP contribution in [0.25, 0.3) is 11.1 Å². The molecule has 6 rings (SSSR count). The first-order chi connectivity index (χ1) is 23.0. The van der Waals surface area contributed by atoms with Crippen molar-refractivity contribution in [2.45, 2.75) is 115 Å². The van der Waals surface area contributed by atoms with E-state index in [1.54, 1.807) is 11.8 Å². The second-order valence-corrected chi connectivity index (χ2v) is 16.8. The van der Waals surface area contributed by atoms with Crippen LogP contribution < -0.4 is 0 Å². The van der Waals surface area contributed by atoms with Crippen molar-refractivity contribution in [3.63, 3.8) is 0 Å². The average molecular weight is 744 g/mol. The fourth-order valence-electron chi connectivity index (χ4n) is 7.15. The van der Waals surface area contributed by atoms with Gasteiger partial charge in [0.05, 0.1) is 0 Å². The maximum Gasteiger partial charge on any atom is 0.137 e. The van der Waals surface area contributed by atoms with E-state index in [9.17, 15) is 10.2 Å². The van der Waals surface area contributed by atoms with Crippen molar-refractivity contribution in [2.24, 2.45) is 3.50 Å². The van der Waals surface area contributed by atoms with E-state index in [4.69, 9.17) is 3.50 Å². The standard InChI is InChI=1S/C21H24O2S.C12H17N.C10H12.Mo/c1-24-18-12-14-7-3-5-9-16(14)20(21(18)23)19-15-8-4-2-6-13(15)10-11-17(19)22;1-8(2)10-6-5-7-11(9(3)4)12(10)13;1-10(2,3)9-7-5-4-6-8-9;/h10-12,22-23H,2-9H2,1H3;5-9H,1-4H3;1,4-8H,2-3H3;. The van der Waals surface area contributed by atoms with E-state index in [2.05, 4.69) is 107 Å². The molecule has 0 fully saturated rings. The van der Waals surface area contributed by atoms with E-state index >= 15 is 0 Å². The van der Waals surface area contributed by atoms with Crippen LogP contribution in [0.1, 0.15) is 118 Å². The normalized spacial score (nSPS) is 14.1. The first-order valence-corrected chi connectivity index (χ1v) is 21.0. The molecule has 0 atom stereocenters. The Kier molecular flexibility index (Phi) is 12.4. The molecule has 0 saturated heterocycles. The summed E-state index contributed by atoms with van der Waals surface area (Å²) in [6.45, 7) is 13.6. The van der Waals surface area contributed by atoms with Gasteiger partial charge < -0.3 is 10.2 Å². The number of fused-ring (bicyclic) bond motifs is 2. The van der Waals surface area contributed by atoms with Crippen molar-refractivity contribution < 1.29 is 28.1 Å². The largest absolute Gasteiger partial charge is 0.507 e. The van der Waals surface area contributed by atoms with Crippen molar-refractivity contribution in [3.05, 3.63) is 106 Å². The number of thioether (sulfide) groups is 1. The second kappa shape index (κ2) is 16.3. The quantitative estimate of drug-likeness (QED) is 0.146. The predicted octanol–water partition coefficient (Wildman–Crippen LogP) is 11.9. The topological polar surface area (TPSA) is 52.8 Å². The molecular weight excluding hydrogens is 690 g/mol. The first-order valence-electron chi connectivity index (χ1n) is 17.7. The van der Waals surface area contributed by atoms with Crippen LogP contribution in [0.15, 0.2) is 75.1 Å². The van der Waals surface area contributed by atoms with Gasteiger partial charge in [-0.3, -0.25) is 0 Å². The van der Waals surface area contributed by atoms with Gasteiger partial charge in [0.2, 0.25) is 0 Å². The molecule has 0 amide bonds. The molecule has 2 aliphatic carbocycles. The molecule has 3 nitrogen and oxygen atoms in total. The van der Waals surface area contributed by atoms with Gasteiger partial charge in [-0.15, -0.1) is 11.8 Å². The summed E-state index contributed by atoms with van der Waals surface area (Å²) in [5.41, 5.74) is 12.5. The summed E-state index contributed by atoms with van der Waals surface area (Å²) in [6, 6.07) is 23.4. The van der Waals surface area contributed by atoms with E-state index < -0.39 is 17.9 Å². The van der Waals surface area contributed by atoms with Gasteiger partial charge in [-0.1, -0.05) is 6.07 Å². The molecule has 0 spiro atoms. The van der Waals surface area contributed by atoms with Gasteiger partial charge in [-0.05, 0) is 92.0 Å². The Labute approximate surface area is 301 Å². The molecule has 254 valence electrons. The third-order valence-corrected chi connectivity index (χ3v) is 13.1. The number of nitrogens with zero attached hydrogens (tertiary/aromatic N) is 1. The van der Waals surface area contributed by atoms with Crippen LogP contribution in [0.4, 0.5) is 5.69 Å². The second-order valence-electron chi connectivity index (χ2n) is 14.4. The van der Waals surface area contributed by atoms with Gasteiger partial charge in [0.1, 0.15) is 11.5 Å². The molecule has 0 unspecified atom stereocenters. The van der Waals surface area contributed by atoms with Crippen LogP contribution in [-0.4, -0.2) is 20.9 Å². The summed E-state index contributed by atoms with van der Waals surface area (Å²) in [5.74, 6) is 1.70. The molecule has 4 aromatic rings. The number of hydrogen-bond acceptors (Lipinski definition) is 4. The number of phenols is 2. The van der Waals surface area contributed by atoms with Crippen molar-refractivity contribution >= 4 is 21.9 Å². The molecule has 48 heavy (non-hydrogen) atoms. The van der Waals surface area contributed by atoms with Crippen LogP contribution in [0, 0.1) is 0 Å². The van der Waals surface area contributed by atoms with E-state index in [1.165, 1.54) is 57.5 Å². The number of aryl methyl sites for hydroxylation is 2. The Hall–Kier alpha value is -2.81. The molecule has 0 saturated carbocycles. The number of hydrogen-bond donors (Lipinski definition) is 2. The first kappa shape index (κ1) is 36.5. The number of aromatic hydroxyl groups is 2. The zero-order valence-corrected chi connectivity index (χ0v) is 32.7. The molecule has 0 aliphatic heterocycles. The monoisotopic (exact) mass is 745 g/mol. The van der Waals surface area contributed by atoms with Gasteiger partial charge in [0.25, 0.3) is 0 Å². The van der Waals surface area contributed by atoms with Crippen molar-refractivity contribution in [1.29, 1.82) is 0 Å². The summed E-state index contributed by atoms with van der Waals surface area (Å²) >= 11 is 1.04. The van der Waals surface area contributed by atoms with E-state index in [0.29, 0.717) is 23.3 Å². The molecule has 0 bridgehead atoms. The maximum atomic E-state index is 11.0. The number of benzene rings is 4. The minimum Gasteiger partial charge on any atom is -0.507 e. The Morgan fingerprint density at radius 2 is 1.31 bits per heavy atom. The molecule has 0 radical (unpaired) electrons. The minimum absolute atomic E-state index is 0.0811. The van der Waals surface area contributed by atoms with Gasteiger partial charge in [0.15, 0.2) is 0 Å². The Bertz CT molecular complexity index is 1780. The van der Waals surface area contributed by atoms with Gasteiger partial charge in [0, 0.05) is 16.0 Å². The molecule has 2 N–H and O–H groups in total. The molecule has 0 heterocycles. The van der Waals surface area contributed by atoms with Crippen LogP contribution >= 0.6 is 11.8 Å². The summed E-state index contributed by atoms with van der Waals surface area (Å²) < 4.78 is 7.59. The number of rotatable bonds is 7. The van der Waals surface area contributed by atoms with Crippen LogP contribution in [0.3, 0.4) is 0 Å². The van der Waals surface area contributed by atoms with Crippen molar-refractivity contribution in [3.8, 4) is 22.6 Å². The van der Waals surface area contributed by atoms with Gasteiger partial charge >= 0.3 is 156 Å². The minimum atomic E-state index is -0.553. The Morgan fingerprint density at radius 1 is 0.729 bits per heavy atom. The number of phenolic OH excluding ortho intramolecular Hbond substituents is 2. The zero-order valence-electron chi connectivity index (χ0n) is 29.9. The van der Waals surface area contributed by atoms with Crippen LogP contribution in [0.2, 0.25) is 0 Å². The Morgan fingerprint density at radius 3 is 1.92 bits per heavy atom. The average Bonchev–Trinajstić information content (AvgIpc) is 3.09. The van der Waals surface area contributed by atoms with Crippen molar-refractivity contribution in [2.75, 3.05) is 6.26 Å². The SMILES string of the molecule is CC(C)c1cccc(C(C)C)c1[N]=[Mo]=[CH]C(C)(C)c1ccccc1.CSc1cc2c(c(-c3c(O)ccc4c3CCCC4)c1O)CCCC2. The van der Waals surface area contributed by atoms with Gasteiger partial charge in [-0.25, -0.2) is 0 Å². The van der Waals surface area contributed by atoms with Crippen molar-refractivity contribution in [1.82, 2.24) is 0 Å². The Balaban J connectivity index is 0.000000188. The third-order valence-electron chi connectivity index (χ3n) is 9.92. The summed E-state index contributed by atoms with van der Waals surface area (Å²) in [7, 11) is 0. The summed E-state index contributed by atoms with van der Waals surface area (Å²) in [6.07, 6.45) is 10.9. The van der Waals surface area contributed by atoms with E-state index in [0.717, 1.165) is 54.5 Å². The zero-order chi connectivity index (χ0) is 34.4. The molecule has 5 heteroatoms. The molecule has 4 aromatic carbocycles. The molecule has 0 aromatic heterocycles. The summed E-state index contributed by atoms with van der Waals surface area (Å²) in [4.78, 5) is 0.929. The predicted molar refractivity (Wildman–Crippen MR) is 203 cm³/mol. The molecule has 2 aliphatic rings. The maximum absolute atomic E-state index is 11.0. The van der Waals surface area contributed by atoms with Crippen LogP contribution in [0.5, 0.6) is 11.5 Å².